The standard InChI is InChI=1S/C14H19NO2/c1-4-5-6-9-15-11(2)13-10-12(17-3)7-8-14(13)16/h7-8,10-11,15-16H,6,9H2,1-3H3. The molecule has 1 aromatic rings. The van der Waals surface area contributed by atoms with Gasteiger partial charge in [-0.3, -0.25) is 0 Å². The molecular formula is C14H19NO2. The van der Waals surface area contributed by atoms with Gasteiger partial charge in [-0.25, -0.2) is 0 Å². The SMILES string of the molecule is CC#CCCNC(C)c1cc(OC)ccc1O. The van der Waals surface area contributed by atoms with Crippen molar-refractivity contribution >= 4 is 0 Å². The quantitative estimate of drug-likeness (QED) is 0.606. The van der Waals surface area contributed by atoms with E-state index in [0.717, 1.165) is 24.3 Å². The number of aromatic hydroxyl groups is 1. The van der Waals surface area contributed by atoms with Gasteiger partial charge in [0, 0.05) is 24.6 Å². The van der Waals surface area contributed by atoms with Gasteiger partial charge in [-0.05, 0) is 32.0 Å². The molecule has 0 aliphatic carbocycles. The maximum atomic E-state index is 9.78. The molecule has 17 heavy (non-hydrogen) atoms. The summed E-state index contributed by atoms with van der Waals surface area (Å²) in [5.41, 5.74) is 0.841. The van der Waals surface area contributed by atoms with Crippen LogP contribution in [0.1, 0.15) is 31.9 Å². The number of nitrogens with one attached hydrogen (secondary N) is 1. The number of phenols is 1. The molecule has 3 heteroatoms. The van der Waals surface area contributed by atoms with Gasteiger partial charge in [0.2, 0.25) is 0 Å². The summed E-state index contributed by atoms with van der Waals surface area (Å²) in [6.45, 7) is 4.64. The van der Waals surface area contributed by atoms with Gasteiger partial charge in [0.1, 0.15) is 11.5 Å². The van der Waals surface area contributed by atoms with Crippen molar-refractivity contribution < 1.29 is 9.84 Å². The second kappa shape index (κ2) is 6.82. The van der Waals surface area contributed by atoms with Crippen molar-refractivity contribution in [3.63, 3.8) is 0 Å². The molecule has 3 nitrogen and oxygen atoms in total. The van der Waals surface area contributed by atoms with E-state index in [1.54, 1.807) is 19.2 Å². The minimum absolute atomic E-state index is 0.0729. The second-order valence-corrected chi connectivity index (χ2v) is 3.78. The van der Waals surface area contributed by atoms with Crippen molar-refractivity contribution in [3.05, 3.63) is 23.8 Å². The Bertz CT molecular complexity index is 418. The lowest BCUT2D eigenvalue weighted by molar-refractivity contribution is 0.408. The van der Waals surface area contributed by atoms with Crippen LogP contribution in [0.2, 0.25) is 0 Å². The van der Waals surface area contributed by atoms with E-state index in [1.807, 2.05) is 19.9 Å². The molecule has 2 N–H and O–H groups in total. The molecule has 0 aliphatic rings. The van der Waals surface area contributed by atoms with Crippen LogP contribution in [0.15, 0.2) is 18.2 Å². The topological polar surface area (TPSA) is 41.5 Å². The summed E-state index contributed by atoms with van der Waals surface area (Å²) >= 11 is 0. The molecular weight excluding hydrogens is 214 g/mol. The summed E-state index contributed by atoms with van der Waals surface area (Å²) in [4.78, 5) is 0. The van der Waals surface area contributed by atoms with Crippen LogP contribution in [0.3, 0.4) is 0 Å². The van der Waals surface area contributed by atoms with E-state index in [-0.39, 0.29) is 11.8 Å². The number of methoxy groups -OCH3 is 1. The molecule has 0 heterocycles. The lowest BCUT2D eigenvalue weighted by atomic mass is 10.1. The van der Waals surface area contributed by atoms with Gasteiger partial charge >= 0.3 is 0 Å². The van der Waals surface area contributed by atoms with Crippen LogP contribution >= 0.6 is 0 Å². The van der Waals surface area contributed by atoms with Gasteiger partial charge in [-0.1, -0.05) is 0 Å². The zero-order chi connectivity index (χ0) is 12.7. The molecule has 92 valence electrons. The second-order valence-electron chi connectivity index (χ2n) is 3.78. The average Bonchev–Trinajstić information content (AvgIpc) is 2.35. The third-order valence-corrected chi connectivity index (χ3v) is 2.58. The number of hydrogen-bond donors (Lipinski definition) is 2. The fourth-order valence-electron chi connectivity index (χ4n) is 1.59. The first kappa shape index (κ1) is 13.4. The molecule has 1 unspecified atom stereocenters. The number of benzene rings is 1. The van der Waals surface area contributed by atoms with Crippen molar-refractivity contribution in [1.29, 1.82) is 0 Å². The highest BCUT2D eigenvalue weighted by molar-refractivity contribution is 5.41. The van der Waals surface area contributed by atoms with Gasteiger partial charge < -0.3 is 15.2 Å². The molecule has 0 bridgehead atoms. The number of ether oxygens (including phenoxy) is 1. The largest absolute Gasteiger partial charge is 0.508 e. The number of hydrogen-bond acceptors (Lipinski definition) is 3. The molecule has 0 fully saturated rings. The Hall–Kier alpha value is -1.66. The summed E-state index contributed by atoms with van der Waals surface area (Å²) in [6, 6.07) is 5.31. The van der Waals surface area contributed by atoms with Crippen LogP contribution in [0.25, 0.3) is 0 Å². The highest BCUT2D eigenvalue weighted by Crippen LogP contribution is 2.28. The Morgan fingerprint density at radius 1 is 1.47 bits per heavy atom. The molecule has 0 radical (unpaired) electrons. The predicted molar refractivity (Wildman–Crippen MR) is 69.1 cm³/mol. The molecule has 1 aromatic carbocycles. The van der Waals surface area contributed by atoms with E-state index >= 15 is 0 Å². The summed E-state index contributed by atoms with van der Waals surface area (Å²) in [6.07, 6.45) is 0.811. The van der Waals surface area contributed by atoms with E-state index in [1.165, 1.54) is 0 Å². The molecule has 1 rings (SSSR count). The van der Waals surface area contributed by atoms with Crippen LogP contribution in [0.5, 0.6) is 11.5 Å². The Morgan fingerprint density at radius 3 is 2.88 bits per heavy atom. The normalized spacial score (nSPS) is 11.5. The van der Waals surface area contributed by atoms with Crippen molar-refractivity contribution in [2.75, 3.05) is 13.7 Å². The third kappa shape index (κ3) is 4.01. The van der Waals surface area contributed by atoms with Crippen LogP contribution in [-0.2, 0) is 0 Å². The molecule has 0 aromatic heterocycles. The first-order valence-electron chi connectivity index (χ1n) is 5.69. The van der Waals surface area contributed by atoms with Crippen molar-refractivity contribution in [2.45, 2.75) is 26.3 Å². The molecule has 0 aliphatic heterocycles. The van der Waals surface area contributed by atoms with Gasteiger partial charge in [-0.15, -0.1) is 11.8 Å². The maximum Gasteiger partial charge on any atom is 0.120 e. The van der Waals surface area contributed by atoms with E-state index < -0.39 is 0 Å². The van der Waals surface area contributed by atoms with E-state index in [4.69, 9.17) is 4.74 Å². The zero-order valence-corrected chi connectivity index (χ0v) is 10.6. The van der Waals surface area contributed by atoms with Gasteiger partial charge in [0.05, 0.1) is 7.11 Å². The molecule has 0 spiro atoms. The summed E-state index contributed by atoms with van der Waals surface area (Å²) in [7, 11) is 1.62. The maximum absolute atomic E-state index is 9.78. The summed E-state index contributed by atoms with van der Waals surface area (Å²) in [5.74, 6) is 6.88. The van der Waals surface area contributed by atoms with Gasteiger partial charge in [0.25, 0.3) is 0 Å². The molecule has 0 saturated carbocycles. The fraction of sp³-hybridized carbons (Fsp3) is 0.429. The average molecular weight is 233 g/mol. The van der Waals surface area contributed by atoms with E-state index in [0.29, 0.717) is 0 Å². The van der Waals surface area contributed by atoms with Crippen LogP contribution in [-0.4, -0.2) is 18.8 Å². The molecule has 1 atom stereocenters. The third-order valence-electron chi connectivity index (χ3n) is 2.58. The first-order valence-corrected chi connectivity index (χ1v) is 5.69. The first-order chi connectivity index (χ1) is 8.19. The lowest BCUT2D eigenvalue weighted by Gasteiger charge is -2.15. The van der Waals surface area contributed by atoms with Crippen molar-refractivity contribution in [1.82, 2.24) is 5.32 Å². The highest BCUT2D eigenvalue weighted by Gasteiger charge is 2.10. The summed E-state index contributed by atoms with van der Waals surface area (Å²) in [5, 5.41) is 13.1. The zero-order valence-electron chi connectivity index (χ0n) is 10.6. The monoisotopic (exact) mass is 233 g/mol. The molecule has 0 saturated heterocycles. The van der Waals surface area contributed by atoms with Gasteiger partial charge in [0.15, 0.2) is 0 Å². The fourth-order valence-corrected chi connectivity index (χ4v) is 1.59. The predicted octanol–water partition coefficient (Wildman–Crippen LogP) is 2.46. The van der Waals surface area contributed by atoms with Crippen molar-refractivity contribution in [3.8, 4) is 23.3 Å². The van der Waals surface area contributed by atoms with Gasteiger partial charge in [-0.2, -0.15) is 0 Å². The smallest absolute Gasteiger partial charge is 0.120 e. The Kier molecular flexibility index (Phi) is 5.38. The number of phenolic OH excluding ortho intramolecular Hbond substituents is 1. The number of rotatable bonds is 5. The van der Waals surface area contributed by atoms with Crippen LogP contribution in [0.4, 0.5) is 0 Å². The molecule has 0 amide bonds. The van der Waals surface area contributed by atoms with E-state index in [9.17, 15) is 5.11 Å². The highest BCUT2D eigenvalue weighted by atomic mass is 16.5. The Labute approximate surface area is 103 Å². The Balaban J connectivity index is 2.65. The minimum atomic E-state index is 0.0729. The van der Waals surface area contributed by atoms with Crippen LogP contribution < -0.4 is 10.1 Å². The van der Waals surface area contributed by atoms with Crippen LogP contribution in [0, 0.1) is 11.8 Å². The lowest BCUT2D eigenvalue weighted by Crippen LogP contribution is -2.19. The Morgan fingerprint density at radius 2 is 2.24 bits per heavy atom. The summed E-state index contributed by atoms with van der Waals surface area (Å²) < 4.78 is 5.14. The van der Waals surface area contributed by atoms with E-state index in [2.05, 4.69) is 17.2 Å². The minimum Gasteiger partial charge on any atom is -0.508 e. The van der Waals surface area contributed by atoms with Crippen molar-refractivity contribution in [2.24, 2.45) is 0 Å².